The zero-order chi connectivity index (χ0) is 11.1. The fourth-order valence-corrected chi connectivity index (χ4v) is 2.34. The van der Waals surface area contributed by atoms with Crippen molar-refractivity contribution in [1.82, 2.24) is 4.90 Å². The third-order valence-corrected chi connectivity index (χ3v) is 3.50. The Hall–Kier alpha value is -0.370. The zero-order valence-corrected chi connectivity index (χ0v) is 10.3. The van der Waals surface area contributed by atoms with E-state index in [1.54, 1.807) is 0 Å². The first-order chi connectivity index (χ1) is 7.27. The summed E-state index contributed by atoms with van der Waals surface area (Å²) in [6, 6.07) is 0. The second-order valence-corrected chi connectivity index (χ2v) is 4.63. The van der Waals surface area contributed by atoms with Crippen molar-refractivity contribution >= 4 is 5.78 Å². The summed E-state index contributed by atoms with van der Waals surface area (Å²) in [7, 11) is 0. The van der Waals surface area contributed by atoms with Gasteiger partial charge in [-0.25, -0.2) is 0 Å². The maximum atomic E-state index is 11.5. The van der Waals surface area contributed by atoms with Gasteiger partial charge in [0.05, 0.1) is 0 Å². The van der Waals surface area contributed by atoms with E-state index in [9.17, 15) is 4.79 Å². The highest BCUT2D eigenvalue weighted by Gasteiger charge is 2.24. The molecule has 1 fully saturated rings. The zero-order valence-electron chi connectivity index (χ0n) is 10.3. The van der Waals surface area contributed by atoms with Crippen molar-refractivity contribution in [2.75, 3.05) is 19.6 Å². The molecule has 0 heterocycles. The van der Waals surface area contributed by atoms with Crippen LogP contribution >= 0.6 is 0 Å². The van der Waals surface area contributed by atoms with E-state index in [4.69, 9.17) is 0 Å². The first-order valence-corrected chi connectivity index (χ1v) is 6.53. The second-order valence-electron chi connectivity index (χ2n) is 4.63. The largest absolute Gasteiger partial charge is 0.304 e. The minimum atomic E-state index is 0.390. The van der Waals surface area contributed by atoms with E-state index in [1.165, 1.54) is 19.4 Å². The average molecular weight is 211 g/mol. The number of hydrogen-bond acceptors (Lipinski definition) is 2. The molecule has 0 aromatic rings. The number of carbonyl (C=O) groups excluding carboxylic acids is 1. The Morgan fingerprint density at radius 1 is 1.33 bits per heavy atom. The van der Waals surface area contributed by atoms with Crippen LogP contribution in [0, 0.1) is 5.92 Å². The minimum absolute atomic E-state index is 0.390. The third kappa shape index (κ3) is 4.33. The monoisotopic (exact) mass is 211 g/mol. The quantitative estimate of drug-likeness (QED) is 0.645. The van der Waals surface area contributed by atoms with Crippen molar-refractivity contribution in [3.8, 4) is 0 Å². The van der Waals surface area contributed by atoms with E-state index in [-0.39, 0.29) is 0 Å². The Labute approximate surface area is 94.0 Å². The molecular formula is C13H25NO. The summed E-state index contributed by atoms with van der Waals surface area (Å²) < 4.78 is 0. The van der Waals surface area contributed by atoms with Gasteiger partial charge in [0.15, 0.2) is 0 Å². The van der Waals surface area contributed by atoms with Crippen LogP contribution in [0.25, 0.3) is 0 Å². The number of rotatable bonds is 7. The second kappa shape index (κ2) is 7.00. The Morgan fingerprint density at radius 3 is 2.67 bits per heavy atom. The van der Waals surface area contributed by atoms with Gasteiger partial charge >= 0.3 is 0 Å². The highest BCUT2D eigenvalue weighted by atomic mass is 16.1. The van der Waals surface area contributed by atoms with Crippen LogP contribution < -0.4 is 0 Å². The first kappa shape index (κ1) is 12.7. The summed E-state index contributed by atoms with van der Waals surface area (Å²) in [6.45, 7) is 7.89. The summed E-state index contributed by atoms with van der Waals surface area (Å²) >= 11 is 0. The summed E-state index contributed by atoms with van der Waals surface area (Å²) in [6.07, 6.45) is 6.75. The van der Waals surface area contributed by atoms with Gasteiger partial charge in [-0.15, -0.1) is 0 Å². The van der Waals surface area contributed by atoms with Crippen LogP contribution in [-0.2, 0) is 4.79 Å². The standard InChI is InChI=1S/C13H25NO/c1-3-5-10-14(4-2)11-9-12-7-6-8-13(12)15/h12H,3-11H2,1-2H3. The van der Waals surface area contributed by atoms with Crippen LogP contribution in [0.2, 0.25) is 0 Å². The average Bonchev–Trinajstić information content (AvgIpc) is 2.65. The van der Waals surface area contributed by atoms with Crippen molar-refractivity contribution in [2.24, 2.45) is 5.92 Å². The summed E-state index contributed by atoms with van der Waals surface area (Å²) in [4.78, 5) is 14.0. The molecule has 1 unspecified atom stereocenters. The van der Waals surface area contributed by atoms with Crippen molar-refractivity contribution in [1.29, 1.82) is 0 Å². The van der Waals surface area contributed by atoms with Gasteiger partial charge in [0.1, 0.15) is 5.78 Å². The highest BCUT2D eigenvalue weighted by Crippen LogP contribution is 2.24. The lowest BCUT2D eigenvalue weighted by Crippen LogP contribution is -2.27. The number of nitrogens with zero attached hydrogens (tertiary/aromatic N) is 1. The predicted octanol–water partition coefficient (Wildman–Crippen LogP) is 2.87. The van der Waals surface area contributed by atoms with Gasteiger partial charge in [0.2, 0.25) is 0 Å². The van der Waals surface area contributed by atoms with Crippen LogP contribution in [0.3, 0.4) is 0 Å². The molecule has 0 aromatic carbocycles. The molecule has 0 aromatic heterocycles. The van der Waals surface area contributed by atoms with Crippen LogP contribution in [0.1, 0.15) is 52.4 Å². The molecule has 15 heavy (non-hydrogen) atoms. The lowest BCUT2D eigenvalue weighted by atomic mass is 10.0. The third-order valence-electron chi connectivity index (χ3n) is 3.50. The van der Waals surface area contributed by atoms with Gasteiger partial charge in [0.25, 0.3) is 0 Å². The summed E-state index contributed by atoms with van der Waals surface area (Å²) in [5.41, 5.74) is 0. The molecule has 0 amide bonds. The molecule has 0 radical (unpaired) electrons. The molecule has 2 nitrogen and oxygen atoms in total. The van der Waals surface area contributed by atoms with Gasteiger partial charge in [0, 0.05) is 12.3 Å². The molecule has 0 aliphatic heterocycles. The minimum Gasteiger partial charge on any atom is -0.304 e. The molecular weight excluding hydrogens is 186 g/mol. The topological polar surface area (TPSA) is 20.3 Å². The van der Waals surface area contributed by atoms with Crippen molar-refractivity contribution in [3.63, 3.8) is 0 Å². The summed E-state index contributed by atoms with van der Waals surface area (Å²) in [5.74, 6) is 0.905. The Bertz CT molecular complexity index is 191. The van der Waals surface area contributed by atoms with Crippen LogP contribution in [0.15, 0.2) is 0 Å². The molecule has 0 spiro atoms. The molecule has 1 atom stereocenters. The maximum absolute atomic E-state index is 11.5. The molecule has 2 heteroatoms. The van der Waals surface area contributed by atoms with Crippen LogP contribution in [-0.4, -0.2) is 30.3 Å². The normalized spacial score (nSPS) is 21.5. The first-order valence-electron chi connectivity index (χ1n) is 6.53. The smallest absolute Gasteiger partial charge is 0.136 e. The lowest BCUT2D eigenvalue weighted by Gasteiger charge is -2.21. The van der Waals surface area contributed by atoms with Crippen LogP contribution in [0.5, 0.6) is 0 Å². The molecule has 1 aliphatic rings. The van der Waals surface area contributed by atoms with E-state index in [1.807, 2.05) is 0 Å². The molecule has 1 rings (SSSR count). The van der Waals surface area contributed by atoms with Gasteiger partial charge in [-0.2, -0.15) is 0 Å². The molecule has 1 saturated carbocycles. The molecule has 0 N–H and O–H groups in total. The van der Waals surface area contributed by atoms with E-state index >= 15 is 0 Å². The van der Waals surface area contributed by atoms with Crippen molar-refractivity contribution < 1.29 is 4.79 Å². The lowest BCUT2D eigenvalue weighted by molar-refractivity contribution is -0.120. The number of Topliss-reactive ketones (excluding diaryl/α,β-unsaturated/α-hetero) is 1. The summed E-state index contributed by atoms with van der Waals surface area (Å²) in [5, 5.41) is 0. The van der Waals surface area contributed by atoms with E-state index in [2.05, 4.69) is 18.7 Å². The molecule has 0 bridgehead atoms. The van der Waals surface area contributed by atoms with Gasteiger partial charge in [-0.05, 0) is 45.3 Å². The number of carbonyl (C=O) groups is 1. The predicted molar refractivity (Wildman–Crippen MR) is 64.0 cm³/mol. The Balaban J connectivity index is 2.18. The maximum Gasteiger partial charge on any atom is 0.136 e. The number of ketones is 1. The van der Waals surface area contributed by atoms with Crippen LogP contribution in [0.4, 0.5) is 0 Å². The van der Waals surface area contributed by atoms with Crippen molar-refractivity contribution in [2.45, 2.75) is 52.4 Å². The van der Waals surface area contributed by atoms with Gasteiger partial charge in [-0.1, -0.05) is 20.3 Å². The molecule has 88 valence electrons. The number of hydrogen-bond donors (Lipinski definition) is 0. The fraction of sp³-hybridized carbons (Fsp3) is 0.923. The van der Waals surface area contributed by atoms with Crippen molar-refractivity contribution in [3.05, 3.63) is 0 Å². The Morgan fingerprint density at radius 2 is 2.13 bits per heavy atom. The highest BCUT2D eigenvalue weighted by molar-refractivity contribution is 5.82. The van der Waals surface area contributed by atoms with Gasteiger partial charge in [-0.3, -0.25) is 4.79 Å². The van der Waals surface area contributed by atoms with E-state index in [0.717, 1.165) is 38.8 Å². The molecule has 0 saturated heterocycles. The fourth-order valence-electron chi connectivity index (χ4n) is 2.34. The van der Waals surface area contributed by atoms with E-state index < -0.39 is 0 Å². The SMILES string of the molecule is CCCCN(CC)CCC1CCCC1=O. The van der Waals surface area contributed by atoms with Gasteiger partial charge < -0.3 is 4.90 Å². The molecule has 1 aliphatic carbocycles. The van der Waals surface area contributed by atoms with E-state index in [0.29, 0.717) is 11.7 Å². The number of unbranched alkanes of at least 4 members (excludes halogenated alkanes) is 1. The Kier molecular flexibility index (Phi) is 5.92.